The lowest BCUT2D eigenvalue weighted by Crippen LogP contribution is -2.40. The Hall–Kier alpha value is -4.49. The van der Waals surface area contributed by atoms with Crippen LogP contribution < -0.4 is 16.1 Å². The molecule has 0 fully saturated rings. The minimum atomic E-state index is -4.02. The second kappa shape index (κ2) is 15.3. The van der Waals surface area contributed by atoms with Crippen molar-refractivity contribution in [3.05, 3.63) is 118 Å². The number of carbonyl (C=O) groups excluding carboxylic acids is 3. The summed E-state index contributed by atoms with van der Waals surface area (Å²) in [6.07, 6.45) is 1.61. The van der Waals surface area contributed by atoms with Gasteiger partial charge in [0.15, 0.2) is 0 Å². The molecule has 44 heavy (non-hydrogen) atoms. The van der Waals surface area contributed by atoms with E-state index < -0.39 is 34.3 Å². The molecule has 3 amide bonds. The third kappa shape index (κ3) is 9.51. The Morgan fingerprint density at radius 3 is 2.34 bits per heavy atom. The smallest absolute Gasteiger partial charge is 0.313 e. The van der Waals surface area contributed by atoms with E-state index in [1.165, 1.54) is 36.5 Å². The molecule has 11 nitrogen and oxygen atoms in total. The number of hydrazone groups is 1. The number of rotatable bonds is 12. The van der Waals surface area contributed by atoms with Crippen molar-refractivity contribution in [2.24, 2.45) is 5.10 Å². The van der Waals surface area contributed by atoms with Gasteiger partial charge < -0.3 is 15.1 Å². The molecule has 3 N–H and O–H groups in total. The van der Waals surface area contributed by atoms with Crippen molar-refractivity contribution in [1.29, 1.82) is 0 Å². The lowest BCUT2D eigenvalue weighted by Gasteiger charge is -2.21. The summed E-state index contributed by atoms with van der Waals surface area (Å²) in [6.45, 7) is -0.515. The van der Waals surface area contributed by atoms with Crippen LogP contribution in [0.3, 0.4) is 0 Å². The zero-order chi connectivity index (χ0) is 31.5. The highest BCUT2D eigenvalue weighted by molar-refractivity contribution is 7.89. The van der Waals surface area contributed by atoms with Crippen molar-refractivity contribution in [2.75, 3.05) is 18.4 Å². The van der Waals surface area contributed by atoms with Crippen LogP contribution >= 0.6 is 23.2 Å². The third-order valence-electron chi connectivity index (χ3n) is 6.04. The number of hydrogen-bond donors (Lipinski definition) is 3. The monoisotopic (exact) mass is 655 g/mol. The van der Waals surface area contributed by atoms with Gasteiger partial charge in [-0.3, -0.25) is 14.4 Å². The van der Waals surface area contributed by atoms with Crippen LogP contribution in [-0.4, -0.2) is 49.7 Å². The molecule has 14 heteroatoms. The number of anilines is 1. The molecule has 1 aromatic heterocycles. The second-order valence-electron chi connectivity index (χ2n) is 9.27. The van der Waals surface area contributed by atoms with Gasteiger partial charge in [-0.1, -0.05) is 59.6 Å². The molecule has 0 saturated carbocycles. The number of furan rings is 1. The van der Waals surface area contributed by atoms with Gasteiger partial charge in [0.05, 0.1) is 24.2 Å². The van der Waals surface area contributed by atoms with Gasteiger partial charge in [0.2, 0.25) is 10.0 Å². The van der Waals surface area contributed by atoms with Crippen molar-refractivity contribution < 1.29 is 27.2 Å². The summed E-state index contributed by atoms with van der Waals surface area (Å²) in [5.74, 6) is -1.86. The van der Waals surface area contributed by atoms with E-state index in [1.807, 2.05) is 30.3 Å². The molecule has 0 bridgehead atoms. The number of sulfonamides is 1. The molecular weight excluding hydrogens is 629 g/mol. The minimum absolute atomic E-state index is 0.00316. The molecule has 0 aliphatic carbocycles. The van der Waals surface area contributed by atoms with Crippen molar-refractivity contribution >= 4 is 62.8 Å². The predicted octanol–water partition coefficient (Wildman–Crippen LogP) is 4.23. The highest BCUT2D eigenvalue weighted by atomic mass is 35.5. The minimum Gasteiger partial charge on any atom is -0.458 e. The van der Waals surface area contributed by atoms with Crippen molar-refractivity contribution in [2.45, 2.75) is 17.9 Å². The lowest BCUT2D eigenvalue weighted by atomic mass is 10.1. The Morgan fingerprint density at radius 2 is 1.61 bits per heavy atom. The van der Waals surface area contributed by atoms with Crippen molar-refractivity contribution in [3.8, 4) is 0 Å². The van der Waals surface area contributed by atoms with Crippen LogP contribution in [0, 0.1) is 0 Å². The van der Waals surface area contributed by atoms with Crippen LogP contribution in [-0.2, 0) is 37.4 Å². The SMILES string of the molecule is O=C(CN(CCc1ccccc1)S(=O)(=O)c1ccc(Cl)cc1)N/N=C\c1ccc(CNC(=O)C(=O)Nc2cccc(Cl)c2)o1. The number of nitrogens with zero attached hydrogens (tertiary/aromatic N) is 2. The van der Waals surface area contributed by atoms with E-state index in [0.29, 0.717) is 27.9 Å². The molecule has 0 aliphatic rings. The molecule has 1 heterocycles. The first-order valence-electron chi connectivity index (χ1n) is 13.1. The first-order valence-corrected chi connectivity index (χ1v) is 15.3. The fraction of sp³-hybridized carbons (Fsp3) is 0.133. The average molecular weight is 657 g/mol. The predicted molar refractivity (Wildman–Crippen MR) is 167 cm³/mol. The standard InChI is InChI=1S/C30H27Cl2N5O6S/c31-22-9-13-27(14-10-22)44(41,42)37(16-15-21-5-2-1-3-6-21)20-28(38)36-34-19-26-12-11-25(43-26)18-33-29(39)30(40)35-24-8-4-7-23(32)17-24/h1-14,17,19H,15-16,18,20H2,(H,33,39)(H,35,40)(H,36,38)/b34-19-. The Labute approximate surface area is 263 Å². The largest absolute Gasteiger partial charge is 0.458 e. The number of halogens is 2. The highest BCUT2D eigenvalue weighted by Gasteiger charge is 2.26. The van der Waals surface area contributed by atoms with Crippen LogP contribution in [0.15, 0.2) is 105 Å². The molecule has 228 valence electrons. The Morgan fingerprint density at radius 1 is 0.864 bits per heavy atom. The van der Waals surface area contributed by atoms with Crippen LogP contribution in [0.4, 0.5) is 5.69 Å². The van der Waals surface area contributed by atoms with Gasteiger partial charge in [-0.25, -0.2) is 13.8 Å². The molecule has 0 radical (unpaired) electrons. The van der Waals surface area contributed by atoms with Crippen molar-refractivity contribution in [1.82, 2.24) is 15.0 Å². The van der Waals surface area contributed by atoms with E-state index in [-0.39, 0.29) is 23.7 Å². The van der Waals surface area contributed by atoms with E-state index >= 15 is 0 Å². The molecule has 0 saturated heterocycles. The number of hydrogen-bond acceptors (Lipinski definition) is 7. The summed E-state index contributed by atoms with van der Waals surface area (Å²) in [6, 6.07) is 24.5. The van der Waals surface area contributed by atoms with Crippen LogP contribution in [0.1, 0.15) is 17.1 Å². The zero-order valence-electron chi connectivity index (χ0n) is 23.1. The first kappa shape index (κ1) is 32.4. The third-order valence-corrected chi connectivity index (χ3v) is 8.39. The van der Waals surface area contributed by atoms with Crippen LogP contribution in [0.25, 0.3) is 0 Å². The van der Waals surface area contributed by atoms with Gasteiger partial charge in [0, 0.05) is 22.3 Å². The molecule has 3 aromatic carbocycles. The Bertz CT molecular complexity index is 1750. The molecule has 0 spiro atoms. The normalized spacial score (nSPS) is 11.4. The fourth-order valence-electron chi connectivity index (χ4n) is 3.86. The number of benzene rings is 3. The van der Waals surface area contributed by atoms with E-state index in [0.717, 1.165) is 9.87 Å². The number of nitrogens with one attached hydrogen (secondary N) is 3. The maximum absolute atomic E-state index is 13.3. The van der Waals surface area contributed by atoms with Gasteiger partial charge in [-0.15, -0.1) is 0 Å². The fourth-order valence-corrected chi connectivity index (χ4v) is 5.58. The summed E-state index contributed by atoms with van der Waals surface area (Å²) < 4.78 is 33.3. The van der Waals surface area contributed by atoms with Gasteiger partial charge in [0.1, 0.15) is 11.5 Å². The van der Waals surface area contributed by atoms with E-state index in [9.17, 15) is 22.8 Å². The van der Waals surface area contributed by atoms with Gasteiger partial charge in [-0.05, 0) is 66.6 Å². The average Bonchev–Trinajstić information content (AvgIpc) is 3.46. The summed E-state index contributed by atoms with van der Waals surface area (Å²) in [4.78, 5) is 36.9. The lowest BCUT2D eigenvalue weighted by molar-refractivity contribution is -0.136. The topological polar surface area (TPSA) is 150 Å². The van der Waals surface area contributed by atoms with E-state index in [1.54, 1.807) is 30.3 Å². The van der Waals surface area contributed by atoms with Gasteiger partial charge in [-0.2, -0.15) is 9.41 Å². The first-order chi connectivity index (χ1) is 21.1. The second-order valence-corrected chi connectivity index (χ2v) is 12.1. The van der Waals surface area contributed by atoms with Gasteiger partial charge in [0.25, 0.3) is 5.91 Å². The Balaban J connectivity index is 1.31. The van der Waals surface area contributed by atoms with Crippen LogP contribution in [0.5, 0.6) is 0 Å². The molecule has 0 aliphatic heterocycles. The van der Waals surface area contributed by atoms with E-state index in [4.69, 9.17) is 27.6 Å². The summed E-state index contributed by atoms with van der Waals surface area (Å²) >= 11 is 11.8. The summed E-state index contributed by atoms with van der Waals surface area (Å²) in [5.41, 5.74) is 3.59. The molecule has 0 unspecified atom stereocenters. The van der Waals surface area contributed by atoms with Gasteiger partial charge >= 0.3 is 11.8 Å². The van der Waals surface area contributed by atoms with Crippen LogP contribution in [0.2, 0.25) is 10.0 Å². The highest BCUT2D eigenvalue weighted by Crippen LogP contribution is 2.19. The zero-order valence-corrected chi connectivity index (χ0v) is 25.4. The summed E-state index contributed by atoms with van der Waals surface area (Å²) in [7, 11) is -4.02. The molecule has 0 atom stereocenters. The maximum atomic E-state index is 13.3. The molecular formula is C30H27Cl2N5O6S. The van der Waals surface area contributed by atoms with Crippen molar-refractivity contribution in [3.63, 3.8) is 0 Å². The molecule has 4 rings (SSSR count). The quantitative estimate of drug-likeness (QED) is 0.118. The maximum Gasteiger partial charge on any atom is 0.313 e. The number of amides is 3. The molecule has 4 aromatic rings. The number of carbonyl (C=O) groups is 3. The Kier molecular flexibility index (Phi) is 11.3. The summed E-state index contributed by atoms with van der Waals surface area (Å²) in [5, 5.41) is 9.52. The van der Waals surface area contributed by atoms with E-state index in [2.05, 4.69) is 21.2 Å².